The number of aliphatic hydroxyl groups excluding tert-OH is 1. The van der Waals surface area contributed by atoms with Gasteiger partial charge in [-0.25, -0.2) is 0 Å². The molecule has 1 saturated heterocycles. The highest BCUT2D eigenvalue weighted by molar-refractivity contribution is 5.98. The minimum Gasteiger partial charge on any atom is -0.451 e. The number of carbonyl (C=O) groups is 4. The number of fused-ring (bicyclic) bond motifs is 1. The van der Waals surface area contributed by atoms with E-state index in [9.17, 15) is 24.3 Å². The molecule has 0 unspecified atom stereocenters. The van der Waals surface area contributed by atoms with E-state index < -0.39 is 41.8 Å². The highest BCUT2D eigenvalue weighted by Gasteiger charge is 2.37. The third kappa shape index (κ3) is 7.21. The van der Waals surface area contributed by atoms with Crippen LogP contribution in [0.15, 0.2) is 34.7 Å². The Morgan fingerprint density at radius 3 is 2.45 bits per heavy atom. The number of rotatable bonds is 11. The lowest BCUT2D eigenvalue weighted by Gasteiger charge is -2.31. The predicted octanol–water partition coefficient (Wildman–Crippen LogP) is 2.54. The third-order valence-electron chi connectivity index (χ3n) is 8.40. The van der Waals surface area contributed by atoms with Crippen LogP contribution in [0.25, 0.3) is 11.0 Å². The van der Waals surface area contributed by atoms with Crippen molar-refractivity contribution in [2.45, 2.75) is 94.9 Å². The number of aliphatic hydroxyl groups is 1. The summed E-state index contributed by atoms with van der Waals surface area (Å²) in [5.41, 5.74) is 0.580. The second-order valence-electron chi connectivity index (χ2n) is 11.6. The topological polar surface area (TPSA) is 150 Å². The van der Waals surface area contributed by atoms with Crippen molar-refractivity contribution in [2.75, 3.05) is 6.54 Å². The average Bonchev–Trinajstić information content (AvgIpc) is 3.67. The van der Waals surface area contributed by atoms with Gasteiger partial charge >= 0.3 is 0 Å². The first-order valence-corrected chi connectivity index (χ1v) is 14.7. The molecule has 0 bridgehead atoms. The SMILES string of the molecule is O=C(N[C@@H](CC1CCCCC1)C(=O)N[C@@H](C[C@@H]1CCCNC1=O)[C@H](O)C(=O)NC1CC1)c1cc2ccccc2o1. The largest absolute Gasteiger partial charge is 0.451 e. The van der Waals surface area contributed by atoms with E-state index in [0.29, 0.717) is 25.0 Å². The molecule has 2 aromatic rings. The Kier molecular flexibility index (Phi) is 9.04. The Morgan fingerprint density at radius 2 is 1.73 bits per heavy atom. The molecule has 4 atom stereocenters. The first-order chi connectivity index (χ1) is 19.4. The van der Waals surface area contributed by atoms with Gasteiger partial charge in [-0.2, -0.15) is 0 Å². The summed E-state index contributed by atoms with van der Waals surface area (Å²) in [5.74, 6) is -1.72. The molecule has 5 N–H and O–H groups in total. The van der Waals surface area contributed by atoms with E-state index >= 15 is 0 Å². The number of para-hydroxylation sites is 1. The summed E-state index contributed by atoms with van der Waals surface area (Å²) in [6.45, 7) is 0.592. The zero-order valence-corrected chi connectivity index (χ0v) is 22.8. The molecule has 10 heteroatoms. The fraction of sp³-hybridized carbons (Fsp3) is 0.600. The van der Waals surface area contributed by atoms with E-state index in [1.54, 1.807) is 12.1 Å². The molecule has 2 saturated carbocycles. The van der Waals surface area contributed by atoms with Crippen LogP contribution in [0.4, 0.5) is 0 Å². The Morgan fingerprint density at radius 1 is 0.950 bits per heavy atom. The fourth-order valence-corrected chi connectivity index (χ4v) is 5.92. The van der Waals surface area contributed by atoms with Crippen LogP contribution in [-0.4, -0.2) is 59.5 Å². The number of benzene rings is 1. The summed E-state index contributed by atoms with van der Waals surface area (Å²) in [6, 6.07) is 7.14. The summed E-state index contributed by atoms with van der Waals surface area (Å²) in [5, 5.41) is 23.1. The summed E-state index contributed by atoms with van der Waals surface area (Å²) in [7, 11) is 0. The van der Waals surface area contributed by atoms with Gasteiger partial charge in [-0.15, -0.1) is 0 Å². The number of nitrogens with one attached hydrogen (secondary N) is 4. The van der Waals surface area contributed by atoms with E-state index in [4.69, 9.17) is 4.42 Å². The molecule has 10 nitrogen and oxygen atoms in total. The fourth-order valence-electron chi connectivity index (χ4n) is 5.92. The lowest BCUT2D eigenvalue weighted by Crippen LogP contribution is -2.57. The second-order valence-corrected chi connectivity index (χ2v) is 11.6. The minimum absolute atomic E-state index is 0.0404. The summed E-state index contributed by atoms with van der Waals surface area (Å²) >= 11 is 0. The molecular formula is C30H40N4O6. The molecule has 1 aromatic heterocycles. The van der Waals surface area contributed by atoms with Crippen molar-refractivity contribution in [1.82, 2.24) is 21.3 Å². The number of hydrogen-bond acceptors (Lipinski definition) is 6. The maximum atomic E-state index is 13.8. The van der Waals surface area contributed by atoms with Crippen molar-refractivity contribution in [1.29, 1.82) is 0 Å². The summed E-state index contributed by atoms with van der Waals surface area (Å²) < 4.78 is 5.73. The molecule has 2 heterocycles. The molecule has 1 aliphatic heterocycles. The number of hydrogen-bond donors (Lipinski definition) is 5. The zero-order valence-electron chi connectivity index (χ0n) is 22.8. The lowest BCUT2D eigenvalue weighted by atomic mass is 9.84. The van der Waals surface area contributed by atoms with Gasteiger partial charge in [0.25, 0.3) is 11.8 Å². The van der Waals surface area contributed by atoms with Crippen LogP contribution in [0.1, 0.15) is 81.2 Å². The van der Waals surface area contributed by atoms with Crippen molar-refractivity contribution in [3.63, 3.8) is 0 Å². The monoisotopic (exact) mass is 552 g/mol. The zero-order chi connectivity index (χ0) is 28.1. The maximum absolute atomic E-state index is 13.8. The Bertz CT molecular complexity index is 1180. The van der Waals surface area contributed by atoms with E-state index in [1.165, 1.54) is 0 Å². The average molecular weight is 553 g/mol. The molecular weight excluding hydrogens is 512 g/mol. The van der Waals surface area contributed by atoms with Gasteiger partial charge in [-0.3, -0.25) is 19.2 Å². The first kappa shape index (κ1) is 28.1. The van der Waals surface area contributed by atoms with Gasteiger partial charge in [0.15, 0.2) is 11.9 Å². The van der Waals surface area contributed by atoms with Crippen LogP contribution in [0, 0.1) is 11.8 Å². The van der Waals surface area contributed by atoms with Gasteiger partial charge in [0.1, 0.15) is 11.6 Å². The van der Waals surface area contributed by atoms with Crippen molar-refractivity contribution < 1.29 is 28.7 Å². The molecule has 1 aromatic carbocycles. The van der Waals surface area contributed by atoms with Gasteiger partial charge in [0, 0.05) is 23.9 Å². The first-order valence-electron chi connectivity index (χ1n) is 14.7. The summed E-state index contributed by atoms with van der Waals surface area (Å²) in [4.78, 5) is 52.3. The molecule has 3 fully saturated rings. The van der Waals surface area contributed by atoms with Crippen LogP contribution in [-0.2, 0) is 14.4 Å². The second kappa shape index (κ2) is 12.8. The third-order valence-corrected chi connectivity index (χ3v) is 8.40. The van der Waals surface area contributed by atoms with Crippen molar-refractivity contribution in [3.8, 4) is 0 Å². The van der Waals surface area contributed by atoms with Crippen LogP contribution < -0.4 is 21.3 Å². The van der Waals surface area contributed by atoms with Crippen molar-refractivity contribution >= 4 is 34.6 Å². The Hall–Kier alpha value is -3.40. The normalized spacial score (nSPS) is 22.1. The number of furan rings is 1. The molecule has 0 spiro atoms. The molecule has 2 aliphatic carbocycles. The van der Waals surface area contributed by atoms with Gasteiger partial charge in [0.05, 0.1) is 6.04 Å². The maximum Gasteiger partial charge on any atom is 0.287 e. The quantitative estimate of drug-likeness (QED) is 0.289. The standard InChI is InChI=1S/C30H40N4O6/c35-26(30(39)32-21-12-13-21)22(16-20-10-6-14-31-27(20)36)33-28(37)23(15-18-7-2-1-3-8-18)34-29(38)25-17-19-9-4-5-11-24(19)40-25/h4-5,9,11,17-18,20-23,26,35H,1-3,6-8,10,12-16H2,(H,31,36)(H,32,39)(H,33,37)(H,34,38)/t20-,22-,23-,26-/m0/s1. The van der Waals surface area contributed by atoms with Gasteiger partial charge < -0.3 is 30.8 Å². The van der Waals surface area contributed by atoms with Gasteiger partial charge in [-0.1, -0.05) is 50.3 Å². The van der Waals surface area contributed by atoms with E-state index in [0.717, 1.165) is 56.8 Å². The van der Waals surface area contributed by atoms with E-state index in [1.807, 2.05) is 18.2 Å². The molecule has 4 amide bonds. The highest BCUT2D eigenvalue weighted by Crippen LogP contribution is 2.28. The number of piperidine rings is 1. The molecule has 5 rings (SSSR count). The van der Waals surface area contributed by atoms with Gasteiger partial charge in [0.2, 0.25) is 11.8 Å². The van der Waals surface area contributed by atoms with Gasteiger partial charge in [-0.05, 0) is 56.6 Å². The molecule has 40 heavy (non-hydrogen) atoms. The van der Waals surface area contributed by atoms with E-state index in [-0.39, 0.29) is 30.0 Å². The molecule has 0 radical (unpaired) electrons. The summed E-state index contributed by atoms with van der Waals surface area (Å²) in [6.07, 6.45) is 7.45. The molecule has 216 valence electrons. The highest BCUT2D eigenvalue weighted by atomic mass is 16.3. The molecule has 3 aliphatic rings. The number of amides is 4. The van der Waals surface area contributed by atoms with Crippen LogP contribution >= 0.6 is 0 Å². The van der Waals surface area contributed by atoms with Crippen molar-refractivity contribution in [2.24, 2.45) is 11.8 Å². The van der Waals surface area contributed by atoms with Crippen LogP contribution in [0.5, 0.6) is 0 Å². The van der Waals surface area contributed by atoms with E-state index in [2.05, 4.69) is 21.3 Å². The predicted molar refractivity (Wildman–Crippen MR) is 148 cm³/mol. The van der Waals surface area contributed by atoms with Crippen molar-refractivity contribution in [3.05, 3.63) is 36.1 Å². The van der Waals surface area contributed by atoms with Crippen LogP contribution in [0.2, 0.25) is 0 Å². The minimum atomic E-state index is -1.51. The Balaban J connectivity index is 1.33. The Labute approximate surface area is 234 Å². The lowest BCUT2D eigenvalue weighted by molar-refractivity contribution is -0.135. The number of carbonyl (C=O) groups excluding carboxylic acids is 4. The smallest absolute Gasteiger partial charge is 0.287 e. The van der Waals surface area contributed by atoms with Crippen LogP contribution in [0.3, 0.4) is 0 Å².